The van der Waals surface area contributed by atoms with Gasteiger partial charge in [-0.25, -0.2) is 4.39 Å². The van der Waals surface area contributed by atoms with E-state index < -0.39 is 0 Å². The maximum Gasteiger partial charge on any atom is 0.188 e. The molecule has 1 atom stereocenters. The lowest BCUT2D eigenvalue weighted by Gasteiger charge is -2.38. The van der Waals surface area contributed by atoms with Gasteiger partial charge < -0.3 is 9.64 Å². The molecule has 1 unspecified atom stereocenters. The summed E-state index contributed by atoms with van der Waals surface area (Å²) in [5.74, 6) is 0.930. The van der Waals surface area contributed by atoms with E-state index in [0.29, 0.717) is 23.6 Å². The summed E-state index contributed by atoms with van der Waals surface area (Å²) in [5, 5.41) is 13.1. The van der Waals surface area contributed by atoms with Crippen LogP contribution in [-0.2, 0) is 4.74 Å². The molecule has 7 heteroatoms. The van der Waals surface area contributed by atoms with Gasteiger partial charge in [-0.15, -0.1) is 15.3 Å². The zero-order chi connectivity index (χ0) is 18.9. The molecule has 0 aliphatic carbocycles. The van der Waals surface area contributed by atoms with Crippen molar-refractivity contribution >= 4 is 11.5 Å². The van der Waals surface area contributed by atoms with E-state index in [1.54, 1.807) is 29.8 Å². The summed E-state index contributed by atoms with van der Waals surface area (Å²) in [6.07, 6.45) is 4.31. The van der Waals surface area contributed by atoms with E-state index in [1.807, 2.05) is 12.1 Å². The minimum absolute atomic E-state index is 0.0453. The molecule has 2 aromatic heterocycles. The second kappa shape index (κ2) is 7.23. The number of halogens is 1. The Hall–Kier alpha value is -2.54. The fourth-order valence-electron chi connectivity index (χ4n) is 4.25. The highest BCUT2D eigenvalue weighted by atomic mass is 19.1. The van der Waals surface area contributed by atoms with Crippen LogP contribution in [0.15, 0.2) is 36.4 Å². The molecule has 0 bridgehead atoms. The molecule has 0 spiro atoms. The smallest absolute Gasteiger partial charge is 0.188 e. The van der Waals surface area contributed by atoms with Gasteiger partial charge >= 0.3 is 0 Å². The van der Waals surface area contributed by atoms with Crippen molar-refractivity contribution in [3.8, 4) is 11.4 Å². The second-order valence-corrected chi connectivity index (χ2v) is 7.13. The maximum atomic E-state index is 14.3. The van der Waals surface area contributed by atoms with Crippen molar-refractivity contribution in [3.05, 3.63) is 42.2 Å². The van der Waals surface area contributed by atoms with E-state index in [-0.39, 0.29) is 11.4 Å². The van der Waals surface area contributed by atoms with Crippen molar-refractivity contribution in [2.24, 2.45) is 0 Å². The first-order chi connectivity index (χ1) is 13.2. The lowest BCUT2D eigenvalue weighted by atomic mass is 9.91. The molecule has 1 fully saturated rings. The molecule has 3 heterocycles. The predicted molar refractivity (Wildman–Crippen MR) is 102 cm³/mol. The fraction of sp³-hybridized carbons (Fsp3) is 0.450. The third-order valence-electron chi connectivity index (χ3n) is 5.36. The molecule has 0 radical (unpaired) electrons. The molecule has 27 heavy (non-hydrogen) atoms. The molecule has 1 aliphatic heterocycles. The minimum atomic E-state index is -0.333. The monoisotopic (exact) mass is 369 g/mol. The molecule has 1 saturated heterocycles. The van der Waals surface area contributed by atoms with Crippen LogP contribution in [0.4, 0.5) is 10.2 Å². The third kappa shape index (κ3) is 3.06. The topological polar surface area (TPSA) is 55.5 Å². The van der Waals surface area contributed by atoms with Gasteiger partial charge in [-0.05, 0) is 43.5 Å². The lowest BCUT2D eigenvalue weighted by molar-refractivity contribution is 0.127. The second-order valence-electron chi connectivity index (χ2n) is 7.13. The molecule has 3 aromatic rings. The number of rotatable bonds is 6. The van der Waals surface area contributed by atoms with Crippen LogP contribution in [0, 0.1) is 5.82 Å². The van der Waals surface area contributed by atoms with Crippen LogP contribution in [0.3, 0.4) is 0 Å². The van der Waals surface area contributed by atoms with Crippen molar-refractivity contribution in [2.45, 2.75) is 38.1 Å². The average Bonchev–Trinajstić information content (AvgIpc) is 3.27. The summed E-state index contributed by atoms with van der Waals surface area (Å²) in [4.78, 5) is 2.34. The Morgan fingerprint density at radius 2 is 2.04 bits per heavy atom. The van der Waals surface area contributed by atoms with Crippen molar-refractivity contribution in [3.63, 3.8) is 0 Å². The summed E-state index contributed by atoms with van der Waals surface area (Å²) >= 11 is 0. The number of anilines is 1. The number of hydrogen-bond acceptors (Lipinski definition) is 5. The van der Waals surface area contributed by atoms with Gasteiger partial charge in [-0.3, -0.25) is 0 Å². The lowest BCUT2D eigenvalue weighted by Crippen LogP contribution is -2.48. The van der Waals surface area contributed by atoms with Gasteiger partial charge in [0.1, 0.15) is 11.6 Å². The van der Waals surface area contributed by atoms with Crippen LogP contribution in [0.25, 0.3) is 17.0 Å². The van der Waals surface area contributed by atoms with E-state index in [1.165, 1.54) is 6.07 Å². The Balaban J connectivity index is 1.79. The quantitative estimate of drug-likeness (QED) is 0.663. The predicted octanol–water partition coefficient (Wildman–Crippen LogP) is 3.72. The Kier molecular flexibility index (Phi) is 4.78. The summed E-state index contributed by atoms with van der Waals surface area (Å²) in [7, 11) is 1.75. The van der Waals surface area contributed by atoms with E-state index >= 15 is 0 Å². The zero-order valence-corrected chi connectivity index (χ0v) is 15.7. The average molecular weight is 369 g/mol. The first-order valence-corrected chi connectivity index (χ1v) is 9.42. The van der Waals surface area contributed by atoms with Crippen LogP contribution in [0.1, 0.15) is 32.6 Å². The van der Waals surface area contributed by atoms with E-state index in [2.05, 4.69) is 22.0 Å². The molecule has 0 amide bonds. The van der Waals surface area contributed by atoms with Crippen molar-refractivity contribution in [2.75, 3.05) is 25.2 Å². The Morgan fingerprint density at radius 1 is 1.19 bits per heavy atom. The maximum absolute atomic E-state index is 14.3. The summed E-state index contributed by atoms with van der Waals surface area (Å²) in [6.45, 7) is 3.79. The van der Waals surface area contributed by atoms with Crippen LogP contribution in [0.2, 0.25) is 0 Å². The summed E-state index contributed by atoms with van der Waals surface area (Å²) in [5.41, 5.74) is 0.952. The van der Waals surface area contributed by atoms with Crippen molar-refractivity contribution < 1.29 is 9.13 Å². The Morgan fingerprint density at radius 3 is 2.81 bits per heavy atom. The largest absolute Gasteiger partial charge is 0.382 e. The van der Waals surface area contributed by atoms with Gasteiger partial charge in [0.15, 0.2) is 11.5 Å². The highest BCUT2D eigenvalue weighted by Gasteiger charge is 2.41. The zero-order valence-electron chi connectivity index (χ0n) is 15.7. The van der Waals surface area contributed by atoms with E-state index in [9.17, 15) is 4.39 Å². The molecule has 1 aromatic carbocycles. The molecular weight excluding hydrogens is 345 g/mol. The minimum Gasteiger partial charge on any atom is -0.382 e. The van der Waals surface area contributed by atoms with Gasteiger partial charge in [-0.1, -0.05) is 25.5 Å². The van der Waals surface area contributed by atoms with E-state index in [0.717, 1.165) is 38.0 Å². The first kappa shape index (κ1) is 17.9. The Labute approximate surface area is 158 Å². The molecule has 1 aliphatic rings. The number of methoxy groups -OCH3 is 1. The standard InChI is InChI=1S/C20H24FN5O/c1-3-11-20(14-27-2)12-6-13-25(20)18-10-9-17-22-23-19(26(17)24-18)15-7-4-5-8-16(15)21/h4-5,7-10H,3,6,11-14H2,1-2H3. The Bertz CT molecular complexity index is 935. The third-order valence-corrected chi connectivity index (χ3v) is 5.36. The van der Waals surface area contributed by atoms with Gasteiger partial charge in [0, 0.05) is 13.7 Å². The normalized spacial score (nSPS) is 19.9. The highest BCUT2D eigenvalue weighted by Crippen LogP contribution is 2.37. The molecule has 4 rings (SSSR count). The number of hydrogen-bond donors (Lipinski definition) is 0. The first-order valence-electron chi connectivity index (χ1n) is 9.42. The summed E-state index contributed by atoms with van der Waals surface area (Å²) in [6, 6.07) is 10.4. The number of ether oxygens (including phenoxy) is 1. The van der Waals surface area contributed by atoms with Gasteiger partial charge in [0.2, 0.25) is 0 Å². The van der Waals surface area contributed by atoms with Crippen LogP contribution < -0.4 is 4.90 Å². The number of benzene rings is 1. The van der Waals surface area contributed by atoms with Gasteiger partial charge in [0.05, 0.1) is 17.7 Å². The van der Waals surface area contributed by atoms with Crippen molar-refractivity contribution in [1.29, 1.82) is 0 Å². The van der Waals surface area contributed by atoms with Crippen LogP contribution >= 0.6 is 0 Å². The molecule has 142 valence electrons. The fourth-order valence-corrected chi connectivity index (χ4v) is 4.25. The van der Waals surface area contributed by atoms with Gasteiger partial charge in [-0.2, -0.15) is 4.52 Å². The molecular formula is C20H24FN5O. The van der Waals surface area contributed by atoms with Crippen molar-refractivity contribution in [1.82, 2.24) is 19.8 Å². The van der Waals surface area contributed by atoms with Gasteiger partial charge in [0.25, 0.3) is 0 Å². The molecule has 6 nitrogen and oxygen atoms in total. The molecule has 0 N–H and O–H groups in total. The van der Waals surface area contributed by atoms with Crippen LogP contribution in [0.5, 0.6) is 0 Å². The number of nitrogens with zero attached hydrogens (tertiary/aromatic N) is 5. The number of aromatic nitrogens is 4. The number of fused-ring (bicyclic) bond motifs is 1. The molecule has 0 saturated carbocycles. The summed E-state index contributed by atoms with van der Waals surface area (Å²) < 4.78 is 21.5. The highest BCUT2D eigenvalue weighted by molar-refractivity contribution is 5.60. The van der Waals surface area contributed by atoms with Crippen LogP contribution in [-0.4, -0.2) is 45.6 Å². The SMILES string of the molecule is CCCC1(COC)CCCN1c1ccc2nnc(-c3ccccc3F)n2n1. The van der Waals surface area contributed by atoms with E-state index in [4.69, 9.17) is 9.84 Å².